The standard InChI is InChI=1S/C18H18Br2N2O4.C2H4O2.Mn/c1-25-13-5-11(17(23)15(19)7-13)9-21-3-4-22-10-12-6-14(26-2)8-16(20)18(12)24;1-2(3)4;/h5-10,23-24H,3-4H2,1-2H3;1H3,(H,3,4);/q;;+2. The van der Waals surface area contributed by atoms with Crippen molar-refractivity contribution in [1.82, 2.24) is 0 Å². The summed E-state index contributed by atoms with van der Waals surface area (Å²) in [6.07, 6.45) is 3.13. The summed E-state index contributed by atoms with van der Waals surface area (Å²) in [5.74, 6) is 0.606. The number of methoxy groups -OCH3 is 2. The molecule has 0 aliphatic rings. The molecule has 3 N–H and O–H groups in total. The minimum Gasteiger partial charge on any atom is -0.506 e. The number of benzene rings is 2. The zero-order valence-electron chi connectivity index (χ0n) is 17.0. The number of nitrogens with zero attached hydrogens (tertiary/aromatic N) is 2. The molecule has 31 heavy (non-hydrogen) atoms. The Hall–Kier alpha value is -2.07. The Morgan fingerprint density at radius 3 is 1.52 bits per heavy atom. The van der Waals surface area contributed by atoms with E-state index in [1.807, 2.05) is 0 Å². The molecule has 0 amide bonds. The van der Waals surface area contributed by atoms with Gasteiger partial charge in [0, 0.05) is 30.5 Å². The van der Waals surface area contributed by atoms with Gasteiger partial charge in [0.1, 0.15) is 23.0 Å². The van der Waals surface area contributed by atoms with Crippen molar-refractivity contribution in [2.45, 2.75) is 6.92 Å². The van der Waals surface area contributed by atoms with Crippen molar-refractivity contribution < 1.29 is 46.7 Å². The smallest absolute Gasteiger partial charge is 0.506 e. The molecular formula is C20H22Br2MnN2O6+2. The molecule has 167 valence electrons. The van der Waals surface area contributed by atoms with Gasteiger partial charge in [0.2, 0.25) is 0 Å². The fraction of sp³-hybridized carbons (Fsp3) is 0.250. The first-order valence-corrected chi connectivity index (χ1v) is 10.1. The number of aliphatic carboxylic acids is 1. The number of aromatic hydroxyl groups is 2. The molecule has 0 atom stereocenters. The summed E-state index contributed by atoms with van der Waals surface area (Å²) < 4.78 is 11.4. The number of aliphatic imine (C=N–C) groups is 2. The molecule has 2 aromatic rings. The molecule has 0 unspecified atom stereocenters. The molecule has 0 fully saturated rings. The van der Waals surface area contributed by atoms with Crippen LogP contribution >= 0.6 is 31.9 Å². The Kier molecular flexibility index (Phi) is 13.9. The van der Waals surface area contributed by atoms with Gasteiger partial charge in [-0.3, -0.25) is 14.8 Å². The van der Waals surface area contributed by atoms with Gasteiger partial charge in [-0.1, -0.05) is 0 Å². The number of halogens is 2. The Bertz CT molecular complexity index is 865. The number of rotatable bonds is 7. The maximum absolute atomic E-state index is 10.0. The minimum atomic E-state index is -0.833. The molecule has 0 aliphatic carbocycles. The molecule has 0 saturated carbocycles. The number of phenols is 2. The summed E-state index contributed by atoms with van der Waals surface area (Å²) in [6, 6.07) is 6.74. The van der Waals surface area contributed by atoms with Crippen molar-refractivity contribution in [1.29, 1.82) is 0 Å². The monoisotopic (exact) mass is 599 g/mol. The van der Waals surface area contributed by atoms with Crippen LogP contribution in [0.4, 0.5) is 0 Å². The van der Waals surface area contributed by atoms with Crippen LogP contribution in [0.3, 0.4) is 0 Å². The average Bonchev–Trinajstić information content (AvgIpc) is 2.69. The average molecular weight is 601 g/mol. The summed E-state index contributed by atoms with van der Waals surface area (Å²) in [7, 11) is 3.11. The summed E-state index contributed by atoms with van der Waals surface area (Å²) >= 11 is 6.54. The van der Waals surface area contributed by atoms with E-state index in [4.69, 9.17) is 19.4 Å². The van der Waals surface area contributed by atoms with Crippen LogP contribution in [0.1, 0.15) is 18.1 Å². The minimum absolute atomic E-state index is 0. The molecule has 2 rings (SSSR count). The first kappa shape index (κ1) is 28.9. The molecule has 0 aliphatic heterocycles. The van der Waals surface area contributed by atoms with E-state index in [1.165, 1.54) is 0 Å². The second-order valence-electron chi connectivity index (χ2n) is 5.68. The SMILES string of the molecule is CC(=O)O.COc1cc(Br)c(O)c(C=NCCN=Cc2cc(OC)cc(Br)c2O)c1.[Mn+2]. The zero-order valence-corrected chi connectivity index (χ0v) is 21.3. The third-order valence-corrected chi connectivity index (χ3v) is 4.63. The maximum Gasteiger partial charge on any atom is 2.00 e. The number of ether oxygens (including phenoxy) is 2. The first-order valence-electron chi connectivity index (χ1n) is 8.51. The molecule has 0 aromatic heterocycles. The number of phenolic OH excluding ortho intramolecular Hbond substituents is 2. The molecule has 0 heterocycles. The molecule has 8 nitrogen and oxygen atoms in total. The fourth-order valence-electron chi connectivity index (χ4n) is 2.06. The van der Waals surface area contributed by atoms with E-state index in [9.17, 15) is 10.2 Å². The predicted octanol–water partition coefficient (Wildman–Crippen LogP) is 4.27. The van der Waals surface area contributed by atoms with Gasteiger partial charge in [-0.05, 0) is 56.1 Å². The van der Waals surface area contributed by atoms with E-state index in [2.05, 4.69) is 41.8 Å². The van der Waals surface area contributed by atoms with E-state index >= 15 is 0 Å². The van der Waals surface area contributed by atoms with Crippen LogP contribution < -0.4 is 9.47 Å². The quantitative estimate of drug-likeness (QED) is 0.248. The summed E-state index contributed by atoms with van der Waals surface area (Å²) in [6.45, 7) is 1.94. The van der Waals surface area contributed by atoms with Crippen molar-refractivity contribution in [3.8, 4) is 23.0 Å². The first-order chi connectivity index (χ1) is 14.2. The third-order valence-electron chi connectivity index (χ3n) is 3.42. The Morgan fingerprint density at radius 1 is 0.903 bits per heavy atom. The van der Waals surface area contributed by atoms with Crippen LogP contribution in [0.2, 0.25) is 0 Å². The van der Waals surface area contributed by atoms with Crippen molar-refractivity contribution >= 4 is 50.3 Å². The topological polar surface area (TPSA) is 121 Å². The number of carbonyl (C=O) groups is 1. The van der Waals surface area contributed by atoms with Gasteiger partial charge in [-0.2, -0.15) is 0 Å². The Labute approximate surface area is 207 Å². The molecular weight excluding hydrogens is 579 g/mol. The molecule has 0 saturated heterocycles. The zero-order chi connectivity index (χ0) is 22.7. The van der Waals surface area contributed by atoms with E-state index in [0.29, 0.717) is 44.7 Å². The van der Waals surface area contributed by atoms with Crippen LogP contribution in [0, 0.1) is 0 Å². The van der Waals surface area contributed by atoms with Gasteiger partial charge in [-0.15, -0.1) is 0 Å². The second kappa shape index (κ2) is 14.9. The number of carboxylic acid groups (broad SMARTS) is 1. The largest absolute Gasteiger partial charge is 2.00 e. The Balaban J connectivity index is 0.00000165. The number of hydrogen-bond donors (Lipinski definition) is 3. The normalized spacial score (nSPS) is 10.4. The van der Waals surface area contributed by atoms with Crippen LogP contribution in [-0.4, -0.2) is 61.0 Å². The maximum atomic E-state index is 10.0. The van der Waals surface area contributed by atoms with Gasteiger partial charge >= 0.3 is 17.1 Å². The molecule has 0 spiro atoms. The van der Waals surface area contributed by atoms with Crippen molar-refractivity contribution in [3.63, 3.8) is 0 Å². The molecule has 0 bridgehead atoms. The molecule has 2 aromatic carbocycles. The van der Waals surface area contributed by atoms with E-state index in [-0.39, 0.29) is 28.6 Å². The summed E-state index contributed by atoms with van der Waals surface area (Å²) in [5, 5.41) is 27.4. The Morgan fingerprint density at radius 2 is 1.23 bits per heavy atom. The molecule has 1 radical (unpaired) electrons. The van der Waals surface area contributed by atoms with Crippen molar-refractivity contribution in [2.24, 2.45) is 9.98 Å². The van der Waals surface area contributed by atoms with Gasteiger partial charge < -0.3 is 24.8 Å². The van der Waals surface area contributed by atoms with E-state index in [1.54, 1.807) is 50.9 Å². The van der Waals surface area contributed by atoms with Gasteiger partial charge in [0.25, 0.3) is 5.97 Å². The van der Waals surface area contributed by atoms with Crippen LogP contribution in [0.5, 0.6) is 23.0 Å². The van der Waals surface area contributed by atoms with Gasteiger partial charge in [0.15, 0.2) is 0 Å². The number of hydrogen-bond acceptors (Lipinski definition) is 7. The van der Waals surface area contributed by atoms with Crippen molar-refractivity contribution in [3.05, 3.63) is 44.3 Å². The summed E-state index contributed by atoms with van der Waals surface area (Å²) in [4.78, 5) is 17.5. The van der Waals surface area contributed by atoms with Gasteiger partial charge in [0.05, 0.1) is 36.3 Å². The van der Waals surface area contributed by atoms with Crippen molar-refractivity contribution in [2.75, 3.05) is 27.3 Å². The predicted molar refractivity (Wildman–Crippen MR) is 123 cm³/mol. The van der Waals surface area contributed by atoms with E-state index < -0.39 is 5.97 Å². The number of carboxylic acids is 1. The van der Waals surface area contributed by atoms with Crippen LogP contribution in [-0.2, 0) is 21.9 Å². The third kappa shape index (κ3) is 10.2. The summed E-state index contributed by atoms with van der Waals surface area (Å²) in [5.41, 5.74) is 1.10. The van der Waals surface area contributed by atoms with Crippen LogP contribution in [0.15, 0.2) is 43.2 Å². The second-order valence-corrected chi connectivity index (χ2v) is 7.39. The van der Waals surface area contributed by atoms with E-state index in [0.717, 1.165) is 6.92 Å². The van der Waals surface area contributed by atoms with Gasteiger partial charge in [-0.25, -0.2) is 0 Å². The molecule has 11 heteroatoms. The van der Waals surface area contributed by atoms with Crippen LogP contribution in [0.25, 0.3) is 0 Å². The fourth-order valence-corrected chi connectivity index (χ4v) is 2.97.